The van der Waals surface area contributed by atoms with Crippen molar-refractivity contribution in [3.63, 3.8) is 0 Å². The van der Waals surface area contributed by atoms with Crippen molar-refractivity contribution in [2.75, 3.05) is 0 Å². The van der Waals surface area contributed by atoms with Crippen LogP contribution < -0.4 is 21.2 Å². The van der Waals surface area contributed by atoms with E-state index in [0.717, 1.165) is 33.8 Å². The minimum Gasteiger partial charge on any atom is -0.301 e. The molecule has 0 aromatic heterocycles. The summed E-state index contributed by atoms with van der Waals surface area (Å²) in [5.41, 5.74) is 0. The first-order chi connectivity index (χ1) is 15.3. The quantitative estimate of drug-likeness (QED) is 0.232. The zero-order valence-corrected chi connectivity index (χ0v) is 18.7. The number of carbonyl (C=O) groups excluding carboxylic acids is 2. The van der Waals surface area contributed by atoms with Crippen LogP contribution in [0.5, 0.6) is 0 Å². The average molecular weight is 440 g/mol. The standard InChI is InChI=1S/C27H22O2P2/c28-21-27(22-29,30(23-13-5-1-6-14-23)24-15-7-2-8-16-24)31(25-17-9-3-10-18-25)26-19-11-4-12-20-26/h1-22H. The molecule has 31 heavy (non-hydrogen) atoms. The third-order valence-corrected chi connectivity index (χ3v) is 11.4. The van der Waals surface area contributed by atoms with E-state index in [4.69, 9.17) is 0 Å². The Hall–Kier alpha value is -2.92. The van der Waals surface area contributed by atoms with Crippen molar-refractivity contribution in [3.8, 4) is 0 Å². The van der Waals surface area contributed by atoms with Gasteiger partial charge in [0, 0.05) is 0 Å². The van der Waals surface area contributed by atoms with E-state index >= 15 is 0 Å². The number of hydrogen-bond acceptors (Lipinski definition) is 2. The van der Waals surface area contributed by atoms with Crippen molar-refractivity contribution in [1.29, 1.82) is 0 Å². The second-order valence-corrected chi connectivity index (χ2v) is 12.3. The van der Waals surface area contributed by atoms with Gasteiger partial charge in [0.05, 0.1) is 0 Å². The number of rotatable bonds is 8. The maximum absolute atomic E-state index is 13.0. The fourth-order valence-electron chi connectivity index (χ4n) is 3.77. The Morgan fingerprint density at radius 2 is 0.645 bits per heavy atom. The van der Waals surface area contributed by atoms with Crippen LogP contribution in [0.3, 0.4) is 0 Å². The van der Waals surface area contributed by atoms with Crippen LogP contribution in [-0.4, -0.2) is 17.5 Å². The lowest BCUT2D eigenvalue weighted by Gasteiger charge is -2.40. The van der Waals surface area contributed by atoms with E-state index in [1.165, 1.54) is 0 Å². The Morgan fingerprint density at radius 3 is 0.839 bits per heavy atom. The first-order valence-electron chi connectivity index (χ1n) is 10.0. The van der Waals surface area contributed by atoms with Gasteiger partial charge < -0.3 is 9.59 Å². The molecule has 0 unspecified atom stereocenters. The summed E-state index contributed by atoms with van der Waals surface area (Å²) in [6.07, 6.45) is 1.83. The highest BCUT2D eigenvalue weighted by molar-refractivity contribution is 7.93. The molecule has 0 atom stereocenters. The summed E-state index contributed by atoms with van der Waals surface area (Å²) < 4.78 is 0. The minimum absolute atomic E-state index is 0.914. The molecule has 0 heterocycles. The van der Waals surface area contributed by atoms with E-state index in [1.807, 2.05) is 121 Å². The van der Waals surface area contributed by atoms with E-state index in [2.05, 4.69) is 0 Å². The molecular formula is C27H22O2P2. The fraction of sp³-hybridized carbons (Fsp3) is 0.0370. The Morgan fingerprint density at radius 1 is 0.419 bits per heavy atom. The molecule has 4 rings (SSSR count). The summed E-state index contributed by atoms with van der Waals surface area (Å²) in [5, 5.41) is 4.06. The van der Waals surface area contributed by atoms with Crippen molar-refractivity contribution in [1.82, 2.24) is 0 Å². The van der Waals surface area contributed by atoms with Crippen LogP contribution in [0.15, 0.2) is 121 Å². The van der Waals surface area contributed by atoms with E-state index in [-0.39, 0.29) is 0 Å². The minimum atomic E-state index is -1.29. The first kappa shape index (κ1) is 21.3. The molecule has 0 radical (unpaired) electrons. The van der Waals surface area contributed by atoms with Gasteiger partial charge in [0.2, 0.25) is 0 Å². The third-order valence-electron chi connectivity index (χ3n) is 5.12. The summed E-state index contributed by atoms with van der Waals surface area (Å²) >= 11 is 0. The molecule has 0 aliphatic heterocycles. The summed E-state index contributed by atoms with van der Waals surface area (Å²) in [4.78, 5) is 24.9. The second kappa shape index (κ2) is 9.92. The molecule has 4 aromatic carbocycles. The SMILES string of the molecule is O=CC(C=O)(P(c1ccccc1)c1ccccc1)P(c1ccccc1)c1ccccc1. The van der Waals surface area contributed by atoms with Crippen LogP contribution in [0.2, 0.25) is 0 Å². The third kappa shape index (κ3) is 4.28. The topological polar surface area (TPSA) is 34.1 Å². The van der Waals surface area contributed by atoms with Gasteiger partial charge in [0.1, 0.15) is 17.5 Å². The normalized spacial score (nSPS) is 11.4. The van der Waals surface area contributed by atoms with Gasteiger partial charge in [-0.3, -0.25) is 0 Å². The molecule has 0 aliphatic rings. The van der Waals surface area contributed by atoms with Crippen molar-refractivity contribution >= 4 is 49.6 Å². The van der Waals surface area contributed by atoms with Crippen molar-refractivity contribution in [2.45, 2.75) is 4.90 Å². The molecule has 2 nitrogen and oxygen atoms in total. The van der Waals surface area contributed by atoms with Gasteiger partial charge in [-0.15, -0.1) is 0 Å². The Labute approximate surface area is 185 Å². The predicted octanol–water partition coefficient (Wildman–Crippen LogP) is 4.35. The van der Waals surface area contributed by atoms with Crippen LogP contribution in [0.25, 0.3) is 0 Å². The summed E-state index contributed by atoms with van der Waals surface area (Å²) in [6, 6.07) is 39.9. The molecule has 0 bridgehead atoms. The number of benzene rings is 4. The smallest absolute Gasteiger partial charge is 0.143 e. The summed E-state index contributed by atoms with van der Waals surface area (Å²) in [5.74, 6) is 0. The van der Waals surface area contributed by atoms with Gasteiger partial charge in [-0.1, -0.05) is 121 Å². The number of carbonyl (C=O) groups is 2. The summed E-state index contributed by atoms with van der Waals surface area (Å²) in [6.45, 7) is 0. The lowest BCUT2D eigenvalue weighted by molar-refractivity contribution is -0.114. The monoisotopic (exact) mass is 440 g/mol. The highest BCUT2D eigenvalue weighted by Crippen LogP contribution is 2.62. The van der Waals surface area contributed by atoms with Crippen molar-refractivity contribution < 1.29 is 9.59 Å². The fourth-order valence-corrected chi connectivity index (χ4v) is 10.5. The van der Waals surface area contributed by atoms with Gasteiger partial charge in [-0.05, 0) is 37.1 Å². The molecule has 4 aromatic rings. The summed E-state index contributed by atoms with van der Waals surface area (Å²) in [7, 11) is -2.59. The van der Waals surface area contributed by atoms with Crippen molar-refractivity contribution in [3.05, 3.63) is 121 Å². The second-order valence-electron chi connectivity index (χ2n) is 7.03. The molecule has 0 saturated carbocycles. The van der Waals surface area contributed by atoms with Gasteiger partial charge in [0.25, 0.3) is 0 Å². The predicted molar refractivity (Wildman–Crippen MR) is 133 cm³/mol. The first-order valence-corrected chi connectivity index (χ1v) is 12.7. The van der Waals surface area contributed by atoms with Crippen LogP contribution in [-0.2, 0) is 9.59 Å². The molecule has 0 saturated heterocycles. The Bertz CT molecular complexity index is 945. The van der Waals surface area contributed by atoms with Gasteiger partial charge >= 0.3 is 0 Å². The maximum Gasteiger partial charge on any atom is 0.143 e. The van der Waals surface area contributed by atoms with Gasteiger partial charge in [-0.2, -0.15) is 0 Å². The maximum atomic E-state index is 13.0. The lowest BCUT2D eigenvalue weighted by Crippen LogP contribution is -2.41. The average Bonchev–Trinajstić information content (AvgIpc) is 2.86. The number of hydrogen-bond donors (Lipinski definition) is 0. The molecule has 0 fully saturated rings. The highest BCUT2D eigenvalue weighted by atomic mass is 31.2. The van der Waals surface area contributed by atoms with Crippen LogP contribution in [0.4, 0.5) is 0 Å². The molecule has 0 amide bonds. The highest BCUT2D eigenvalue weighted by Gasteiger charge is 2.48. The van der Waals surface area contributed by atoms with Gasteiger partial charge in [0.15, 0.2) is 0 Å². The molecular weight excluding hydrogens is 418 g/mol. The Balaban J connectivity index is 2.02. The zero-order valence-electron chi connectivity index (χ0n) is 16.9. The Kier molecular flexibility index (Phi) is 6.82. The largest absolute Gasteiger partial charge is 0.301 e. The van der Waals surface area contributed by atoms with E-state index in [9.17, 15) is 9.59 Å². The molecule has 0 N–H and O–H groups in total. The van der Waals surface area contributed by atoms with Crippen LogP contribution in [0, 0.1) is 0 Å². The van der Waals surface area contributed by atoms with Crippen molar-refractivity contribution in [2.24, 2.45) is 0 Å². The molecule has 152 valence electrons. The van der Waals surface area contributed by atoms with E-state index < -0.39 is 20.7 Å². The number of aldehydes is 2. The zero-order chi connectivity index (χ0) is 21.5. The van der Waals surface area contributed by atoms with E-state index in [1.54, 1.807) is 0 Å². The van der Waals surface area contributed by atoms with E-state index in [0.29, 0.717) is 0 Å². The molecule has 0 aliphatic carbocycles. The van der Waals surface area contributed by atoms with Gasteiger partial charge in [-0.25, -0.2) is 0 Å². The molecule has 4 heteroatoms. The lowest BCUT2D eigenvalue weighted by atomic mass is 10.4. The van der Waals surface area contributed by atoms with Crippen LogP contribution in [0.1, 0.15) is 0 Å². The van der Waals surface area contributed by atoms with Crippen LogP contribution >= 0.6 is 15.8 Å². The molecule has 0 spiro atoms.